The van der Waals surface area contributed by atoms with Crippen LogP contribution in [-0.2, 0) is 19.9 Å². The molecule has 1 aromatic rings. The first kappa shape index (κ1) is 15.5. The van der Waals surface area contributed by atoms with E-state index in [1.165, 1.54) is 0 Å². The van der Waals surface area contributed by atoms with Gasteiger partial charge in [-0.2, -0.15) is 0 Å². The Morgan fingerprint density at radius 1 is 1.18 bits per heavy atom. The summed E-state index contributed by atoms with van der Waals surface area (Å²) in [6.07, 6.45) is 1.10. The summed E-state index contributed by atoms with van der Waals surface area (Å²) in [5, 5.41) is 9.93. The van der Waals surface area contributed by atoms with Crippen molar-refractivity contribution < 1.29 is 19.4 Å². The summed E-state index contributed by atoms with van der Waals surface area (Å²) in [4.78, 5) is 12.8. The quantitative estimate of drug-likeness (QED) is 0.853. The maximum absolute atomic E-state index is 12.8. The van der Waals surface area contributed by atoms with Gasteiger partial charge in [-0.05, 0) is 24.8 Å². The second kappa shape index (κ2) is 5.36. The van der Waals surface area contributed by atoms with Crippen LogP contribution in [0.5, 0.6) is 0 Å². The molecule has 120 valence electrons. The third kappa shape index (κ3) is 2.44. The number of aliphatic hydroxyl groups is 1. The lowest BCUT2D eigenvalue weighted by Gasteiger charge is -2.33. The third-order valence-electron chi connectivity index (χ3n) is 4.70. The summed E-state index contributed by atoms with van der Waals surface area (Å²) in [6, 6.07) is 9.56. The molecule has 1 aromatic carbocycles. The molecule has 2 unspecified atom stereocenters. The molecule has 0 bridgehead atoms. The van der Waals surface area contributed by atoms with Crippen molar-refractivity contribution in [3.05, 3.63) is 35.9 Å². The highest BCUT2D eigenvalue weighted by atomic mass is 16.8. The summed E-state index contributed by atoms with van der Waals surface area (Å²) >= 11 is 0. The van der Waals surface area contributed by atoms with E-state index in [1.807, 2.05) is 51.1 Å². The van der Waals surface area contributed by atoms with E-state index in [9.17, 15) is 9.90 Å². The van der Waals surface area contributed by atoms with Crippen molar-refractivity contribution in [1.82, 2.24) is 0 Å². The second-order valence-corrected chi connectivity index (χ2v) is 7.49. The fourth-order valence-corrected chi connectivity index (χ4v) is 3.48. The second-order valence-electron chi connectivity index (χ2n) is 7.49. The topological polar surface area (TPSA) is 55.8 Å². The van der Waals surface area contributed by atoms with Crippen LogP contribution < -0.4 is 0 Å². The van der Waals surface area contributed by atoms with Gasteiger partial charge in [0.15, 0.2) is 5.60 Å². The molecule has 1 saturated carbocycles. The molecule has 1 aliphatic heterocycles. The van der Waals surface area contributed by atoms with Gasteiger partial charge in [0.25, 0.3) is 0 Å². The molecular weight excluding hydrogens is 280 g/mol. The predicted octanol–water partition coefficient (Wildman–Crippen LogP) is 2.99. The number of hydrogen-bond donors (Lipinski definition) is 1. The first-order valence-electron chi connectivity index (χ1n) is 7.96. The molecule has 1 saturated heterocycles. The average Bonchev–Trinajstić information content (AvgIpc) is 3.04. The van der Waals surface area contributed by atoms with Gasteiger partial charge in [-0.3, -0.25) is 0 Å². The summed E-state index contributed by atoms with van der Waals surface area (Å²) in [5.41, 5.74) is -0.550. The summed E-state index contributed by atoms with van der Waals surface area (Å²) < 4.78 is 11.9. The minimum Gasteiger partial charge on any atom is -0.433 e. The zero-order chi connectivity index (χ0) is 16.0. The number of benzene rings is 1. The molecule has 1 aliphatic carbocycles. The molecule has 0 amide bonds. The van der Waals surface area contributed by atoms with Crippen LogP contribution in [0.2, 0.25) is 0 Å². The van der Waals surface area contributed by atoms with Gasteiger partial charge in [-0.25, -0.2) is 4.79 Å². The minimum absolute atomic E-state index is 0.0512. The van der Waals surface area contributed by atoms with Crippen LogP contribution >= 0.6 is 0 Å². The number of ether oxygens (including phenoxy) is 2. The Hall–Kier alpha value is -1.39. The molecule has 2 fully saturated rings. The zero-order valence-corrected chi connectivity index (χ0v) is 13.4. The molecule has 0 radical (unpaired) electrons. The maximum atomic E-state index is 12.8. The molecule has 4 heteroatoms. The average molecular weight is 304 g/mol. The van der Waals surface area contributed by atoms with E-state index < -0.39 is 11.9 Å². The van der Waals surface area contributed by atoms with Gasteiger partial charge in [0.2, 0.25) is 6.29 Å². The largest absolute Gasteiger partial charge is 0.433 e. The molecule has 0 aromatic heterocycles. The first-order valence-corrected chi connectivity index (χ1v) is 7.96. The molecule has 4 nitrogen and oxygen atoms in total. The lowest BCUT2D eigenvalue weighted by molar-refractivity contribution is -0.162. The molecule has 1 N–H and O–H groups in total. The highest BCUT2D eigenvalue weighted by Gasteiger charge is 2.59. The molecule has 0 spiro atoms. The van der Waals surface area contributed by atoms with Gasteiger partial charge in [0.05, 0.1) is 6.10 Å². The molecular formula is C18H24O4. The Bertz CT molecular complexity index is 548. The van der Waals surface area contributed by atoms with Crippen LogP contribution in [0.1, 0.15) is 45.6 Å². The van der Waals surface area contributed by atoms with E-state index in [2.05, 4.69) is 0 Å². The van der Waals surface area contributed by atoms with Crippen molar-refractivity contribution in [3.8, 4) is 0 Å². The van der Waals surface area contributed by atoms with E-state index in [0.29, 0.717) is 12.8 Å². The van der Waals surface area contributed by atoms with Crippen LogP contribution in [0.15, 0.2) is 30.3 Å². The Morgan fingerprint density at radius 3 is 2.36 bits per heavy atom. The molecule has 4 atom stereocenters. The van der Waals surface area contributed by atoms with Gasteiger partial charge < -0.3 is 14.6 Å². The van der Waals surface area contributed by atoms with Crippen molar-refractivity contribution in [2.75, 3.05) is 0 Å². The fourth-order valence-electron chi connectivity index (χ4n) is 3.48. The Balaban J connectivity index is 2.03. The smallest absolute Gasteiger partial charge is 0.345 e. The van der Waals surface area contributed by atoms with Crippen molar-refractivity contribution in [1.29, 1.82) is 0 Å². The Labute approximate surface area is 131 Å². The Kier molecular flexibility index (Phi) is 3.77. The van der Waals surface area contributed by atoms with Crippen LogP contribution in [0.25, 0.3) is 0 Å². The molecule has 22 heavy (non-hydrogen) atoms. The lowest BCUT2D eigenvalue weighted by Crippen LogP contribution is -2.41. The number of carbonyl (C=O) groups excluding carboxylic acids is 1. The van der Waals surface area contributed by atoms with Gasteiger partial charge in [-0.1, -0.05) is 51.1 Å². The van der Waals surface area contributed by atoms with E-state index in [0.717, 1.165) is 12.0 Å². The molecule has 3 rings (SSSR count). The lowest BCUT2D eigenvalue weighted by atomic mass is 9.80. The van der Waals surface area contributed by atoms with E-state index in [4.69, 9.17) is 9.47 Å². The summed E-state index contributed by atoms with van der Waals surface area (Å²) in [5.74, 6) is -0.373. The number of carbonyl (C=O) groups is 1. The Morgan fingerprint density at radius 2 is 1.86 bits per heavy atom. The molecule has 1 heterocycles. The molecule has 2 aliphatic rings. The minimum atomic E-state index is -1.09. The normalized spacial score (nSPS) is 35.6. The van der Waals surface area contributed by atoms with E-state index in [1.54, 1.807) is 0 Å². The van der Waals surface area contributed by atoms with E-state index in [-0.39, 0.29) is 23.4 Å². The van der Waals surface area contributed by atoms with Crippen molar-refractivity contribution in [3.63, 3.8) is 0 Å². The standard InChI is InChI=1S/C18H24O4/c1-17(2,3)16-21-15(20)18(22-16,12-7-5-4-6-8-12)13-9-10-14(19)11-13/h4-8,13-14,16,19H,9-11H2,1-3H3/t13?,14?,16-,18-/m0/s1. The third-order valence-corrected chi connectivity index (χ3v) is 4.70. The highest BCUT2D eigenvalue weighted by molar-refractivity contribution is 5.83. The number of aliphatic hydroxyl groups excluding tert-OH is 1. The van der Waals surface area contributed by atoms with Gasteiger partial charge >= 0.3 is 5.97 Å². The maximum Gasteiger partial charge on any atom is 0.345 e. The number of esters is 1. The number of cyclic esters (lactones) is 1. The number of hydrogen-bond acceptors (Lipinski definition) is 4. The number of rotatable bonds is 2. The van der Waals surface area contributed by atoms with Crippen LogP contribution in [0, 0.1) is 11.3 Å². The van der Waals surface area contributed by atoms with Crippen molar-refractivity contribution in [2.45, 2.75) is 58.0 Å². The monoisotopic (exact) mass is 304 g/mol. The van der Waals surface area contributed by atoms with Crippen LogP contribution in [0.4, 0.5) is 0 Å². The summed E-state index contributed by atoms with van der Waals surface area (Å²) in [6.45, 7) is 5.99. The van der Waals surface area contributed by atoms with Gasteiger partial charge in [-0.15, -0.1) is 0 Å². The van der Waals surface area contributed by atoms with Crippen molar-refractivity contribution in [2.24, 2.45) is 11.3 Å². The van der Waals surface area contributed by atoms with Crippen LogP contribution in [0.3, 0.4) is 0 Å². The zero-order valence-electron chi connectivity index (χ0n) is 13.4. The summed E-state index contributed by atoms with van der Waals surface area (Å²) in [7, 11) is 0. The van der Waals surface area contributed by atoms with Gasteiger partial charge in [0.1, 0.15) is 0 Å². The van der Waals surface area contributed by atoms with E-state index >= 15 is 0 Å². The SMILES string of the molecule is CC(C)(C)[C@H]1OC(=O)[C@](c2ccccc2)(C2CCC(O)C2)O1. The fraction of sp³-hybridized carbons (Fsp3) is 0.611. The van der Waals surface area contributed by atoms with Gasteiger partial charge in [0, 0.05) is 11.3 Å². The van der Waals surface area contributed by atoms with Crippen LogP contribution in [-0.4, -0.2) is 23.5 Å². The van der Waals surface area contributed by atoms with Crippen molar-refractivity contribution >= 4 is 5.97 Å². The first-order chi connectivity index (χ1) is 10.3. The predicted molar refractivity (Wildman–Crippen MR) is 81.9 cm³/mol. The highest BCUT2D eigenvalue weighted by Crippen LogP contribution is 2.50.